The molecular formula is C39H35N5O7. The summed E-state index contributed by atoms with van der Waals surface area (Å²) in [5, 5.41) is 14.9. The van der Waals surface area contributed by atoms with Crippen LogP contribution in [0.2, 0.25) is 0 Å². The van der Waals surface area contributed by atoms with E-state index in [0.717, 1.165) is 11.1 Å². The Hall–Kier alpha value is -6.16. The molecule has 6 atom stereocenters. The van der Waals surface area contributed by atoms with Gasteiger partial charge in [0.25, 0.3) is 0 Å². The lowest BCUT2D eigenvalue weighted by molar-refractivity contribution is -0.178. The maximum Gasteiger partial charge on any atom is 0.324 e. The molecule has 51 heavy (non-hydrogen) atoms. The summed E-state index contributed by atoms with van der Waals surface area (Å²) >= 11 is 0. The molecular weight excluding hydrogens is 650 g/mol. The molecule has 7 N–H and O–H groups in total. The van der Waals surface area contributed by atoms with E-state index in [-0.39, 0.29) is 19.8 Å². The maximum absolute atomic E-state index is 14.8. The summed E-state index contributed by atoms with van der Waals surface area (Å²) in [5.41, 5.74) is 13.2. The molecule has 4 aromatic carbocycles. The summed E-state index contributed by atoms with van der Waals surface area (Å²) in [7, 11) is 0. The largest absolute Gasteiger partial charge is 0.491 e. The minimum atomic E-state index is -1.75. The number of ether oxygens (including phenoxy) is 2. The Balaban J connectivity index is 1.51. The summed E-state index contributed by atoms with van der Waals surface area (Å²) in [6, 6.07) is 27.4. The Morgan fingerprint density at radius 1 is 0.902 bits per heavy atom. The van der Waals surface area contributed by atoms with Crippen molar-refractivity contribution >= 4 is 29.5 Å². The monoisotopic (exact) mass is 685 g/mol. The first-order valence-electron chi connectivity index (χ1n) is 16.4. The van der Waals surface area contributed by atoms with E-state index in [4.69, 9.17) is 20.9 Å². The van der Waals surface area contributed by atoms with E-state index in [1.54, 1.807) is 36.4 Å². The Kier molecular flexibility index (Phi) is 8.91. The van der Waals surface area contributed by atoms with Crippen LogP contribution in [0, 0.1) is 17.8 Å². The van der Waals surface area contributed by atoms with Crippen LogP contribution < -0.4 is 26.8 Å². The highest BCUT2D eigenvalue weighted by molar-refractivity contribution is 6.12. The van der Waals surface area contributed by atoms with E-state index < -0.39 is 59.4 Å². The lowest BCUT2D eigenvalue weighted by Crippen LogP contribution is -2.53. The number of esters is 1. The van der Waals surface area contributed by atoms with Crippen molar-refractivity contribution < 1.29 is 33.8 Å². The second-order valence-electron chi connectivity index (χ2n) is 12.5. The van der Waals surface area contributed by atoms with E-state index in [2.05, 4.69) is 22.5 Å². The third-order valence-electron chi connectivity index (χ3n) is 9.73. The minimum Gasteiger partial charge on any atom is -0.491 e. The van der Waals surface area contributed by atoms with E-state index in [9.17, 15) is 24.3 Å². The van der Waals surface area contributed by atoms with Gasteiger partial charge >= 0.3 is 12.0 Å². The average molecular weight is 686 g/mol. The van der Waals surface area contributed by atoms with Gasteiger partial charge < -0.3 is 36.7 Å². The average Bonchev–Trinajstić information content (AvgIpc) is 3.62. The number of benzene rings is 4. The van der Waals surface area contributed by atoms with Crippen molar-refractivity contribution in [1.82, 2.24) is 10.2 Å². The molecule has 0 saturated carbocycles. The molecule has 0 radical (unpaired) electrons. The van der Waals surface area contributed by atoms with Crippen LogP contribution in [0.25, 0.3) is 0 Å². The molecule has 12 heteroatoms. The summed E-state index contributed by atoms with van der Waals surface area (Å²) in [5.74, 6) is 2.81. The van der Waals surface area contributed by atoms with E-state index >= 15 is 0 Å². The third-order valence-corrected chi connectivity index (χ3v) is 9.73. The molecule has 0 aromatic heterocycles. The second kappa shape index (κ2) is 13.6. The van der Waals surface area contributed by atoms with Crippen LogP contribution in [0.15, 0.2) is 103 Å². The number of cyclic esters (lactones) is 1. The molecule has 3 aliphatic rings. The van der Waals surface area contributed by atoms with Crippen LogP contribution >= 0.6 is 0 Å². The van der Waals surface area contributed by atoms with Crippen molar-refractivity contribution in [1.29, 1.82) is 0 Å². The smallest absolute Gasteiger partial charge is 0.324 e. The Morgan fingerprint density at radius 2 is 1.61 bits per heavy atom. The second-order valence-corrected chi connectivity index (χ2v) is 12.5. The van der Waals surface area contributed by atoms with E-state index in [0.29, 0.717) is 28.1 Å². The molecule has 2 fully saturated rings. The fraction of sp³-hybridized carbons (Fsp3) is 0.231. The molecule has 7 rings (SSSR count). The van der Waals surface area contributed by atoms with Gasteiger partial charge in [-0.3, -0.25) is 19.3 Å². The normalized spacial score (nSPS) is 24.8. The highest BCUT2D eigenvalue weighted by Gasteiger charge is 2.73. The first kappa shape index (κ1) is 33.3. The number of nitrogens with zero attached hydrogens (tertiary/aromatic N) is 1. The van der Waals surface area contributed by atoms with Crippen molar-refractivity contribution in [3.05, 3.63) is 131 Å². The molecule has 3 aliphatic heterocycles. The van der Waals surface area contributed by atoms with Gasteiger partial charge in [-0.2, -0.15) is 0 Å². The number of nitrogens with two attached hydrogens (primary N) is 2. The molecule has 4 amide bonds. The fourth-order valence-corrected chi connectivity index (χ4v) is 7.92. The summed E-state index contributed by atoms with van der Waals surface area (Å²) in [6.07, 6.45) is -0.823. The zero-order valence-electron chi connectivity index (χ0n) is 27.3. The number of morpholine rings is 1. The molecule has 2 saturated heterocycles. The number of rotatable bonds is 8. The fourth-order valence-electron chi connectivity index (χ4n) is 7.92. The van der Waals surface area contributed by atoms with Gasteiger partial charge in [-0.25, -0.2) is 4.79 Å². The molecule has 0 bridgehead atoms. The van der Waals surface area contributed by atoms with Crippen molar-refractivity contribution in [3.63, 3.8) is 0 Å². The van der Waals surface area contributed by atoms with Crippen LogP contribution in [0.5, 0.6) is 5.75 Å². The Bertz CT molecular complexity index is 2060. The first-order chi connectivity index (χ1) is 24.7. The van der Waals surface area contributed by atoms with Crippen LogP contribution in [-0.2, 0) is 24.5 Å². The molecule has 12 nitrogen and oxygen atoms in total. The van der Waals surface area contributed by atoms with Gasteiger partial charge in [0.1, 0.15) is 29.9 Å². The summed E-state index contributed by atoms with van der Waals surface area (Å²) < 4.78 is 12.1. The van der Waals surface area contributed by atoms with Crippen molar-refractivity contribution in [3.8, 4) is 17.6 Å². The Labute approximate surface area is 293 Å². The number of aliphatic hydroxyl groups excluding tert-OH is 1. The highest BCUT2D eigenvalue weighted by atomic mass is 16.6. The number of hydrogen-bond acceptors (Lipinski definition) is 8. The van der Waals surface area contributed by atoms with Crippen LogP contribution in [-0.4, -0.2) is 59.6 Å². The van der Waals surface area contributed by atoms with Crippen molar-refractivity contribution in [2.24, 2.45) is 17.4 Å². The zero-order valence-corrected chi connectivity index (χ0v) is 27.3. The number of amides is 4. The van der Waals surface area contributed by atoms with Crippen LogP contribution in [0.1, 0.15) is 46.0 Å². The van der Waals surface area contributed by atoms with Crippen LogP contribution in [0.3, 0.4) is 0 Å². The van der Waals surface area contributed by atoms with Crippen LogP contribution in [0.4, 0.5) is 10.5 Å². The quantitative estimate of drug-likeness (QED) is 0.138. The molecule has 0 aliphatic carbocycles. The number of aliphatic hydroxyl groups is 1. The number of carbonyl (C=O) groups excluding carboxylic acids is 4. The number of urea groups is 1. The maximum atomic E-state index is 14.8. The number of hydrogen-bond donors (Lipinski definition) is 5. The highest BCUT2D eigenvalue weighted by Crippen LogP contribution is 2.64. The predicted octanol–water partition coefficient (Wildman–Crippen LogP) is 2.83. The molecule has 0 unspecified atom stereocenters. The number of nitrogens with one attached hydrogen (secondary N) is 2. The number of primary amides is 2. The van der Waals surface area contributed by atoms with E-state index in [1.807, 2.05) is 71.6 Å². The van der Waals surface area contributed by atoms with Crippen molar-refractivity contribution in [2.75, 3.05) is 25.1 Å². The van der Waals surface area contributed by atoms with Gasteiger partial charge in [0.15, 0.2) is 0 Å². The lowest BCUT2D eigenvalue weighted by Gasteiger charge is -2.46. The van der Waals surface area contributed by atoms with Gasteiger partial charge in [0, 0.05) is 11.3 Å². The molecule has 1 spiro atoms. The number of fused-ring (bicyclic) bond motifs is 3. The van der Waals surface area contributed by atoms with Gasteiger partial charge in [-0.05, 0) is 52.6 Å². The van der Waals surface area contributed by atoms with Crippen molar-refractivity contribution in [2.45, 2.75) is 29.6 Å². The zero-order chi connectivity index (χ0) is 35.7. The molecule has 258 valence electrons. The summed E-state index contributed by atoms with van der Waals surface area (Å²) in [4.78, 5) is 56.4. The predicted molar refractivity (Wildman–Crippen MR) is 186 cm³/mol. The topological polar surface area (TPSA) is 186 Å². The van der Waals surface area contributed by atoms with Gasteiger partial charge in [-0.1, -0.05) is 84.6 Å². The number of anilines is 1. The van der Waals surface area contributed by atoms with Gasteiger partial charge in [0.05, 0.1) is 31.2 Å². The lowest BCUT2D eigenvalue weighted by atomic mass is 9.65. The molecule has 4 aromatic rings. The Morgan fingerprint density at radius 3 is 2.29 bits per heavy atom. The standard InChI is InChI=1S/C39H35N5O7/c40-35(46)30-32-36(47)51-33(25-12-5-2-6-13-25)31(24-10-3-1-4-11-24)44(32)34(26-14-7-15-27(22-26)50-20-19-45)39(30)28-21-23(9-8-18-42-38(41)49)16-17-29(28)43-37(39)48/h1-7,10-17,21-22,30-34,45H,18-20H2,(H2,40,46)(H,43,48)(H3,41,42,49)/t30-,31-,32-,33+,34+,39-/m1/s1. The SMILES string of the molecule is NC(=O)NCC#Cc1ccc2c(c1)[C@]1(C(=O)N2)[C@H](c2cccc(OCCO)c2)N2[C@H](c3ccccc3)[C@H](c3ccccc3)OC(=O)[C@H]2[C@@H]1C(N)=O. The third kappa shape index (κ3) is 5.72. The first-order valence-corrected chi connectivity index (χ1v) is 16.4. The molecule has 3 heterocycles. The van der Waals surface area contributed by atoms with E-state index in [1.165, 1.54) is 0 Å². The van der Waals surface area contributed by atoms with Gasteiger partial charge in [-0.15, -0.1) is 0 Å². The summed E-state index contributed by atoms with van der Waals surface area (Å²) in [6.45, 7) is -0.200. The minimum absolute atomic E-state index is 0.0107. The van der Waals surface area contributed by atoms with Gasteiger partial charge in [0.2, 0.25) is 11.8 Å². The number of carbonyl (C=O) groups is 4.